The molecule has 4 aromatic carbocycles. The van der Waals surface area contributed by atoms with E-state index >= 15 is 0 Å². The molecule has 8 bridgehead atoms. The second-order valence-corrected chi connectivity index (χ2v) is 17.9. The van der Waals surface area contributed by atoms with Gasteiger partial charge in [0.1, 0.15) is 22.6 Å². The minimum Gasteiger partial charge on any atom is -0.324 e. The van der Waals surface area contributed by atoms with Crippen LogP contribution in [0.5, 0.6) is 0 Å². The van der Waals surface area contributed by atoms with Gasteiger partial charge in [0, 0.05) is 45.0 Å². The Hall–Kier alpha value is -6.01. The summed E-state index contributed by atoms with van der Waals surface area (Å²) in [6, 6.07) is 29.7. The topological polar surface area (TPSA) is 146 Å². The number of fused-ring (bicyclic) bond motifs is 20. The Morgan fingerprint density at radius 2 is 0.867 bits per heavy atom. The van der Waals surface area contributed by atoms with E-state index in [0.29, 0.717) is 69.9 Å². The molecule has 5 heterocycles. The summed E-state index contributed by atoms with van der Waals surface area (Å²) < 4.78 is 30.8. The second kappa shape index (κ2) is 17.3. The van der Waals surface area contributed by atoms with E-state index in [2.05, 4.69) is 23.8 Å². The van der Waals surface area contributed by atoms with Crippen LogP contribution >= 0.6 is 0 Å². The Balaban J connectivity index is 1.29. The molecule has 306 valence electrons. The maximum absolute atomic E-state index is 14.6. The molecule has 9 rings (SSSR count). The number of unbranched alkanes of at least 4 members (excludes halogenated alkanes) is 10. The number of sulfonamides is 1. The number of aromatic nitrogens is 8. The lowest BCUT2D eigenvalue weighted by Crippen LogP contribution is -2.34. The molecular formula is C48H51N9O2S. The number of nitrogens with one attached hydrogen (secondary N) is 2. The minimum absolute atomic E-state index is 0.0874. The van der Waals surface area contributed by atoms with Gasteiger partial charge in [-0.05, 0) is 18.9 Å². The summed E-state index contributed by atoms with van der Waals surface area (Å²) in [4.78, 5) is 37.8. The van der Waals surface area contributed by atoms with Crippen molar-refractivity contribution >= 4 is 59.8 Å². The molecule has 7 aromatic rings. The van der Waals surface area contributed by atoms with Gasteiger partial charge in [0.15, 0.2) is 23.3 Å². The lowest BCUT2D eigenvalue weighted by molar-refractivity contribution is 0.572. The summed E-state index contributed by atoms with van der Waals surface area (Å²) in [6.07, 6.45) is 12.3. The van der Waals surface area contributed by atoms with Crippen molar-refractivity contribution in [1.29, 1.82) is 0 Å². The predicted octanol–water partition coefficient (Wildman–Crippen LogP) is 11.7. The number of hydrogen-bond acceptors (Lipinski definition) is 8. The van der Waals surface area contributed by atoms with Crippen LogP contribution in [0.3, 0.4) is 0 Å². The first kappa shape index (κ1) is 39.5. The first-order valence-electron chi connectivity index (χ1n) is 21.7. The Kier molecular flexibility index (Phi) is 11.4. The van der Waals surface area contributed by atoms with E-state index in [1.807, 2.05) is 91.0 Å². The molecule has 2 aliphatic heterocycles. The quantitative estimate of drug-likeness (QED) is 0.0916. The van der Waals surface area contributed by atoms with Crippen molar-refractivity contribution in [2.24, 2.45) is 0 Å². The summed E-state index contributed by atoms with van der Waals surface area (Å²) in [7, 11) is -3.71. The maximum atomic E-state index is 14.6. The lowest BCUT2D eigenvalue weighted by Gasteiger charge is -2.25. The number of anilines is 1. The van der Waals surface area contributed by atoms with E-state index in [1.54, 1.807) is 4.31 Å². The van der Waals surface area contributed by atoms with E-state index in [1.165, 1.54) is 12.8 Å². The number of benzene rings is 4. The number of H-pyrrole nitrogens is 2. The molecule has 0 spiro atoms. The van der Waals surface area contributed by atoms with Crippen LogP contribution in [0.25, 0.3) is 89.7 Å². The van der Waals surface area contributed by atoms with E-state index in [4.69, 9.17) is 29.9 Å². The molecule has 60 heavy (non-hydrogen) atoms. The molecule has 3 aromatic heterocycles. The van der Waals surface area contributed by atoms with Gasteiger partial charge in [0.2, 0.25) is 10.0 Å². The molecule has 0 atom stereocenters. The third-order valence-corrected chi connectivity index (χ3v) is 13.5. The Morgan fingerprint density at radius 3 is 1.40 bits per heavy atom. The first-order chi connectivity index (χ1) is 29.4. The van der Waals surface area contributed by atoms with Crippen molar-refractivity contribution in [2.45, 2.75) is 90.9 Å². The number of hydrogen-bond donors (Lipinski definition) is 2. The monoisotopic (exact) mass is 817 g/mol. The molecule has 0 aliphatic carbocycles. The van der Waals surface area contributed by atoms with Crippen LogP contribution in [0, 0.1) is 0 Å². The zero-order valence-corrected chi connectivity index (χ0v) is 35.2. The van der Waals surface area contributed by atoms with Gasteiger partial charge in [0.25, 0.3) is 0 Å². The van der Waals surface area contributed by atoms with Crippen LogP contribution in [0.1, 0.15) is 90.9 Å². The van der Waals surface area contributed by atoms with Crippen molar-refractivity contribution in [3.8, 4) is 45.6 Å². The fourth-order valence-electron chi connectivity index (χ4n) is 8.50. The summed E-state index contributed by atoms with van der Waals surface area (Å²) >= 11 is 0. The van der Waals surface area contributed by atoms with Crippen molar-refractivity contribution in [3.05, 3.63) is 91.0 Å². The zero-order chi connectivity index (χ0) is 41.1. The fraction of sp³-hybridized carbons (Fsp3) is 0.333. The van der Waals surface area contributed by atoms with Crippen molar-refractivity contribution in [1.82, 2.24) is 39.9 Å². The highest BCUT2D eigenvalue weighted by molar-refractivity contribution is 7.92. The molecule has 0 fully saturated rings. The molecule has 0 saturated heterocycles. The van der Waals surface area contributed by atoms with Gasteiger partial charge in [0.05, 0.1) is 16.8 Å². The van der Waals surface area contributed by atoms with E-state index in [0.717, 1.165) is 96.2 Å². The molecule has 12 heteroatoms. The number of aromatic amines is 2. The highest BCUT2D eigenvalue weighted by atomic mass is 32.2. The number of nitrogens with zero attached hydrogens (tertiary/aromatic N) is 7. The molecule has 0 amide bonds. The summed E-state index contributed by atoms with van der Waals surface area (Å²) in [5, 5.41) is 3.23. The largest absolute Gasteiger partial charge is 0.324 e. The van der Waals surface area contributed by atoms with Crippen LogP contribution in [0.2, 0.25) is 0 Å². The average Bonchev–Trinajstić information content (AvgIpc) is 4.00. The maximum Gasteiger partial charge on any atom is 0.235 e. The third kappa shape index (κ3) is 7.76. The van der Waals surface area contributed by atoms with Crippen molar-refractivity contribution in [2.75, 3.05) is 16.6 Å². The Labute approximate surface area is 350 Å². The Bertz CT molecular complexity index is 2970. The normalized spacial score (nSPS) is 12.2. The van der Waals surface area contributed by atoms with Crippen molar-refractivity contribution < 1.29 is 8.42 Å². The van der Waals surface area contributed by atoms with Gasteiger partial charge < -0.3 is 9.97 Å². The molecule has 0 radical (unpaired) electrons. The minimum atomic E-state index is -3.71. The van der Waals surface area contributed by atoms with E-state index in [-0.39, 0.29) is 5.75 Å². The van der Waals surface area contributed by atoms with E-state index in [9.17, 15) is 8.42 Å². The van der Waals surface area contributed by atoms with E-state index < -0.39 is 10.0 Å². The molecule has 0 saturated carbocycles. The van der Waals surface area contributed by atoms with Crippen LogP contribution in [-0.4, -0.2) is 60.6 Å². The highest BCUT2D eigenvalue weighted by Gasteiger charge is 2.27. The molecule has 0 unspecified atom stereocenters. The van der Waals surface area contributed by atoms with Gasteiger partial charge in [-0.2, -0.15) is 0 Å². The van der Waals surface area contributed by atoms with Gasteiger partial charge in [-0.15, -0.1) is 0 Å². The molecule has 2 aliphatic rings. The average molecular weight is 818 g/mol. The van der Waals surface area contributed by atoms with Gasteiger partial charge in [-0.1, -0.05) is 163 Å². The third-order valence-electron chi connectivity index (χ3n) is 11.6. The summed E-state index contributed by atoms with van der Waals surface area (Å²) in [6.45, 7) is 4.78. The summed E-state index contributed by atoms with van der Waals surface area (Å²) in [5.41, 5.74) is 6.22. The Morgan fingerprint density at radius 1 is 0.450 bits per heavy atom. The second-order valence-electron chi connectivity index (χ2n) is 15.9. The lowest BCUT2D eigenvalue weighted by atomic mass is 10.1. The predicted molar refractivity (Wildman–Crippen MR) is 244 cm³/mol. The smallest absolute Gasteiger partial charge is 0.235 e. The number of rotatable bonds is 16. The van der Waals surface area contributed by atoms with Crippen LogP contribution in [0.15, 0.2) is 91.0 Å². The first-order valence-corrected chi connectivity index (χ1v) is 23.3. The van der Waals surface area contributed by atoms with Gasteiger partial charge >= 0.3 is 0 Å². The fourth-order valence-corrected chi connectivity index (χ4v) is 10.1. The molecular weight excluding hydrogens is 767 g/mol. The summed E-state index contributed by atoms with van der Waals surface area (Å²) in [5.74, 6) is 2.10. The van der Waals surface area contributed by atoms with Crippen LogP contribution < -0.4 is 4.31 Å². The molecule has 2 N–H and O–H groups in total. The molecule has 11 nitrogen and oxygen atoms in total. The SMILES string of the molecule is CCCCCCCCN(c1cccc2c3nc4nc(nc5[nH]c(nc6nc(nc([nH]3)c12)-c1ccccc1-6)c1ccccc51)-c1ccccc1-4)S(=O)(=O)CCCCCCCC. The van der Waals surface area contributed by atoms with Crippen LogP contribution in [-0.2, 0) is 10.0 Å². The standard InChI is InChI=1S/C48H51N9O2S/c1-3-5-7-9-11-19-30-57(60(58,59)31-20-12-10-8-6-4-2)39-29-21-28-38-40(39)48-55-46-37-27-18-17-26-36(37)44(53-46)51-42-33-23-14-13-22-32(33)41(49-42)50-43-34-24-15-16-25-35(34)45(52-43)54-47(38)56-48/h13-18,21-29H,3-12,19-20,30-31H2,1-2H3,(H2,49,50,51,52,53,54,55,56). The highest BCUT2D eigenvalue weighted by Crippen LogP contribution is 2.39. The van der Waals surface area contributed by atoms with Crippen LogP contribution in [0.4, 0.5) is 5.69 Å². The zero-order valence-electron chi connectivity index (χ0n) is 34.4. The van der Waals surface area contributed by atoms with Crippen molar-refractivity contribution in [3.63, 3.8) is 0 Å². The van der Waals surface area contributed by atoms with Gasteiger partial charge in [-0.25, -0.2) is 38.3 Å². The van der Waals surface area contributed by atoms with Gasteiger partial charge in [-0.3, -0.25) is 4.31 Å².